The Labute approximate surface area is 95.9 Å². The lowest BCUT2D eigenvalue weighted by Crippen LogP contribution is -2.22. The summed E-state index contributed by atoms with van der Waals surface area (Å²) in [7, 11) is 0. The van der Waals surface area contributed by atoms with Crippen LogP contribution in [0.2, 0.25) is 0 Å². The second-order valence-corrected chi connectivity index (χ2v) is 4.62. The third-order valence-electron chi connectivity index (χ3n) is 2.30. The number of aliphatic hydroxyl groups is 1. The van der Waals surface area contributed by atoms with Gasteiger partial charge in [-0.3, -0.25) is 0 Å². The molecule has 0 spiro atoms. The van der Waals surface area contributed by atoms with Gasteiger partial charge in [-0.05, 0) is 33.3 Å². The SMILES string of the molecule is Cc1cc(OCCC(C)(C)O)nc(C)c1O. The molecule has 0 bridgehead atoms. The highest BCUT2D eigenvalue weighted by atomic mass is 16.5. The van der Waals surface area contributed by atoms with E-state index in [-0.39, 0.29) is 5.75 Å². The van der Waals surface area contributed by atoms with Gasteiger partial charge in [0.25, 0.3) is 0 Å². The standard InChI is InChI=1S/C12H19NO3/c1-8-7-10(13-9(2)11(8)14)16-6-5-12(3,4)15/h7,14-15H,5-6H2,1-4H3. The maximum atomic E-state index is 9.53. The summed E-state index contributed by atoms with van der Waals surface area (Å²) >= 11 is 0. The molecule has 0 aliphatic carbocycles. The Morgan fingerprint density at radius 2 is 2.00 bits per heavy atom. The van der Waals surface area contributed by atoms with Crippen molar-refractivity contribution in [1.82, 2.24) is 4.98 Å². The number of aromatic nitrogens is 1. The summed E-state index contributed by atoms with van der Waals surface area (Å²) in [5.41, 5.74) is 0.560. The fourth-order valence-electron chi connectivity index (χ4n) is 1.27. The topological polar surface area (TPSA) is 62.6 Å². The van der Waals surface area contributed by atoms with Crippen LogP contribution in [-0.2, 0) is 0 Å². The molecule has 0 unspecified atom stereocenters. The van der Waals surface area contributed by atoms with Crippen molar-refractivity contribution in [1.29, 1.82) is 0 Å². The smallest absolute Gasteiger partial charge is 0.213 e. The lowest BCUT2D eigenvalue weighted by molar-refractivity contribution is 0.0546. The molecule has 0 aliphatic rings. The van der Waals surface area contributed by atoms with Crippen LogP contribution < -0.4 is 4.74 Å². The number of aryl methyl sites for hydroxylation is 2. The zero-order valence-electron chi connectivity index (χ0n) is 10.2. The van der Waals surface area contributed by atoms with Crippen molar-refractivity contribution in [3.05, 3.63) is 17.3 Å². The number of rotatable bonds is 4. The van der Waals surface area contributed by atoms with Crippen molar-refractivity contribution >= 4 is 0 Å². The average Bonchev–Trinajstić information content (AvgIpc) is 2.12. The van der Waals surface area contributed by atoms with Gasteiger partial charge in [0.1, 0.15) is 5.75 Å². The molecule has 0 fully saturated rings. The minimum absolute atomic E-state index is 0.204. The summed E-state index contributed by atoms with van der Waals surface area (Å²) < 4.78 is 5.42. The van der Waals surface area contributed by atoms with Gasteiger partial charge in [0.05, 0.1) is 17.9 Å². The van der Waals surface area contributed by atoms with E-state index in [1.165, 1.54) is 0 Å². The van der Waals surface area contributed by atoms with Crippen molar-refractivity contribution < 1.29 is 14.9 Å². The van der Waals surface area contributed by atoms with Gasteiger partial charge >= 0.3 is 0 Å². The maximum Gasteiger partial charge on any atom is 0.213 e. The predicted molar refractivity (Wildman–Crippen MR) is 61.8 cm³/mol. The van der Waals surface area contributed by atoms with Crippen molar-refractivity contribution in [2.45, 2.75) is 39.7 Å². The fourth-order valence-corrected chi connectivity index (χ4v) is 1.27. The van der Waals surface area contributed by atoms with Crippen LogP contribution in [0.5, 0.6) is 11.6 Å². The molecule has 1 aromatic heterocycles. The number of aromatic hydroxyl groups is 1. The van der Waals surface area contributed by atoms with E-state index in [4.69, 9.17) is 4.74 Å². The molecule has 4 heteroatoms. The molecule has 0 aliphatic heterocycles. The lowest BCUT2D eigenvalue weighted by atomic mass is 10.1. The number of ether oxygens (including phenoxy) is 1. The van der Waals surface area contributed by atoms with Crippen LogP contribution in [0.1, 0.15) is 31.5 Å². The van der Waals surface area contributed by atoms with Gasteiger partial charge in [-0.1, -0.05) is 0 Å². The summed E-state index contributed by atoms with van der Waals surface area (Å²) in [5.74, 6) is 0.687. The summed E-state index contributed by atoms with van der Waals surface area (Å²) in [6.45, 7) is 7.40. The van der Waals surface area contributed by atoms with E-state index >= 15 is 0 Å². The van der Waals surface area contributed by atoms with E-state index in [0.717, 1.165) is 5.56 Å². The number of nitrogens with zero attached hydrogens (tertiary/aromatic N) is 1. The summed E-state index contributed by atoms with van der Waals surface area (Å²) in [6.07, 6.45) is 0.535. The van der Waals surface area contributed by atoms with Crippen LogP contribution in [0.4, 0.5) is 0 Å². The Balaban J connectivity index is 2.62. The third-order valence-corrected chi connectivity index (χ3v) is 2.30. The van der Waals surface area contributed by atoms with Crippen molar-refractivity contribution in [3.63, 3.8) is 0 Å². The van der Waals surface area contributed by atoms with E-state index in [9.17, 15) is 10.2 Å². The van der Waals surface area contributed by atoms with Gasteiger partial charge in [0.2, 0.25) is 5.88 Å². The first-order valence-corrected chi connectivity index (χ1v) is 5.32. The summed E-state index contributed by atoms with van der Waals surface area (Å²) in [4.78, 5) is 4.10. The van der Waals surface area contributed by atoms with Crippen LogP contribution in [0.15, 0.2) is 6.07 Å². The first-order chi connectivity index (χ1) is 7.29. The number of hydrogen-bond acceptors (Lipinski definition) is 4. The quantitative estimate of drug-likeness (QED) is 0.822. The summed E-state index contributed by atoms with van der Waals surface area (Å²) in [6, 6.07) is 1.69. The highest BCUT2D eigenvalue weighted by Gasteiger charge is 2.13. The molecule has 0 amide bonds. The lowest BCUT2D eigenvalue weighted by Gasteiger charge is -2.17. The average molecular weight is 225 g/mol. The van der Waals surface area contributed by atoms with Crippen LogP contribution in [0.25, 0.3) is 0 Å². The summed E-state index contributed by atoms with van der Waals surface area (Å²) in [5, 5.41) is 19.0. The third kappa shape index (κ3) is 3.70. The van der Waals surface area contributed by atoms with Gasteiger partial charge in [0.15, 0.2) is 0 Å². The molecule has 0 aromatic carbocycles. The normalized spacial score (nSPS) is 11.6. The molecule has 90 valence electrons. The Kier molecular flexibility index (Phi) is 3.75. The van der Waals surface area contributed by atoms with Gasteiger partial charge in [-0.2, -0.15) is 0 Å². The monoisotopic (exact) mass is 225 g/mol. The molecule has 16 heavy (non-hydrogen) atoms. The minimum atomic E-state index is -0.735. The van der Waals surface area contributed by atoms with Crippen LogP contribution in [0, 0.1) is 13.8 Å². The van der Waals surface area contributed by atoms with Crippen LogP contribution in [0.3, 0.4) is 0 Å². The number of hydrogen-bond donors (Lipinski definition) is 2. The second kappa shape index (κ2) is 4.70. The molecule has 1 rings (SSSR count). The molecular weight excluding hydrogens is 206 g/mol. The van der Waals surface area contributed by atoms with Gasteiger partial charge in [-0.25, -0.2) is 4.98 Å². The fraction of sp³-hybridized carbons (Fsp3) is 0.583. The van der Waals surface area contributed by atoms with Crippen LogP contribution >= 0.6 is 0 Å². The molecule has 0 radical (unpaired) electrons. The second-order valence-electron chi connectivity index (χ2n) is 4.62. The Morgan fingerprint density at radius 3 is 2.50 bits per heavy atom. The van der Waals surface area contributed by atoms with Crippen LogP contribution in [-0.4, -0.2) is 27.4 Å². The molecule has 0 saturated heterocycles. The first kappa shape index (κ1) is 12.8. The van der Waals surface area contributed by atoms with E-state index in [1.807, 2.05) is 0 Å². The minimum Gasteiger partial charge on any atom is -0.506 e. The highest BCUT2D eigenvalue weighted by molar-refractivity contribution is 5.37. The van der Waals surface area contributed by atoms with E-state index in [1.54, 1.807) is 33.8 Å². The van der Waals surface area contributed by atoms with Crippen molar-refractivity contribution in [2.24, 2.45) is 0 Å². The highest BCUT2D eigenvalue weighted by Crippen LogP contribution is 2.23. The molecule has 0 saturated carbocycles. The van der Waals surface area contributed by atoms with Gasteiger partial charge < -0.3 is 14.9 Å². The number of pyridine rings is 1. The molecular formula is C12H19NO3. The molecule has 2 N–H and O–H groups in total. The zero-order chi connectivity index (χ0) is 12.3. The predicted octanol–water partition coefficient (Wildman–Crippen LogP) is 1.94. The molecule has 1 aromatic rings. The Morgan fingerprint density at radius 1 is 1.38 bits per heavy atom. The van der Waals surface area contributed by atoms with E-state index in [0.29, 0.717) is 24.6 Å². The Hall–Kier alpha value is -1.29. The molecule has 4 nitrogen and oxygen atoms in total. The zero-order valence-corrected chi connectivity index (χ0v) is 10.2. The van der Waals surface area contributed by atoms with E-state index in [2.05, 4.69) is 4.98 Å². The van der Waals surface area contributed by atoms with E-state index < -0.39 is 5.60 Å². The molecule has 0 atom stereocenters. The first-order valence-electron chi connectivity index (χ1n) is 5.32. The molecule has 1 heterocycles. The van der Waals surface area contributed by atoms with Gasteiger partial charge in [-0.15, -0.1) is 0 Å². The largest absolute Gasteiger partial charge is 0.506 e. The van der Waals surface area contributed by atoms with Crippen molar-refractivity contribution in [3.8, 4) is 11.6 Å². The maximum absolute atomic E-state index is 9.53. The Bertz CT molecular complexity index is 346. The van der Waals surface area contributed by atoms with Gasteiger partial charge in [0, 0.05) is 12.5 Å². The van der Waals surface area contributed by atoms with Crippen molar-refractivity contribution in [2.75, 3.05) is 6.61 Å².